The minimum absolute atomic E-state index is 0.139. The predicted octanol–water partition coefficient (Wildman–Crippen LogP) is 0.360. The number of oxime groups is 1. The normalized spacial score (nSPS) is 19.2. The molecule has 6 nitrogen and oxygen atoms in total. The summed E-state index contributed by atoms with van der Waals surface area (Å²) in [6.45, 7) is 6.30. The molecule has 1 heterocycles. The van der Waals surface area contributed by atoms with Crippen LogP contribution in [-0.4, -0.2) is 47.5 Å². The van der Waals surface area contributed by atoms with E-state index in [1.165, 1.54) is 0 Å². The summed E-state index contributed by atoms with van der Waals surface area (Å²) in [5, 5.41) is 14.5. The number of amides is 1. The largest absolute Gasteiger partial charge is 0.409 e. The molecule has 1 saturated heterocycles. The fourth-order valence-corrected chi connectivity index (χ4v) is 2.15. The molecule has 18 heavy (non-hydrogen) atoms. The van der Waals surface area contributed by atoms with Gasteiger partial charge in [0.2, 0.25) is 5.91 Å². The lowest BCUT2D eigenvalue weighted by molar-refractivity contribution is -0.122. The lowest BCUT2D eigenvalue weighted by Crippen LogP contribution is -2.46. The number of nitrogens with two attached hydrogens (primary N) is 1. The van der Waals surface area contributed by atoms with Gasteiger partial charge in [-0.15, -0.1) is 0 Å². The number of nitrogens with one attached hydrogen (secondary N) is 1. The highest BCUT2D eigenvalue weighted by molar-refractivity contribution is 5.81. The number of amidine groups is 1. The first kappa shape index (κ1) is 14.8. The second kappa shape index (κ2) is 7.20. The monoisotopic (exact) mass is 256 g/mol. The van der Waals surface area contributed by atoms with Crippen LogP contribution in [0.4, 0.5) is 0 Å². The maximum Gasteiger partial charge on any atom is 0.220 e. The first-order valence-electron chi connectivity index (χ1n) is 6.49. The predicted molar refractivity (Wildman–Crippen MR) is 70.5 cm³/mol. The van der Waals surface area contributed by atoms with E-state index in [2.05, 4.69) is 15.4 Å². The lowest BCUT2D eigenvalue weighted by atomic mass is 10.0. The molecule has 0 aromatic carbocycles. The number of carbonyl (C=O) groups excluding carboxylic acids is 1. The molecule has 1 aliphatic rings. The van der Waals surface area contributed by atoms with E-state index in [0.29, 0.717) is 18.9 Å². The van der Waals surface area contributed by atoms with Crippen molar-refractivity contribution in [1.82, 2.24) is 10.2 Å². The van der Waals surface area contributed by atoms with Crippen molar-refractivity contribution in [3.8, 4) is 0 Å². The van der Waals surface area contributed by atoms with Crippen molar-refractivity contribution in [3.63, 3.8) is 0 Å². The summed E-state index contributed by atoms with van der Waals surface area (Å²) < 4.78 is 0. The van der Waals surface area contributed by atoms with Gasteiger partial charge in [-0.3, -0.25) is 9.69 Å². The number of carbonyl (C=O) groups is 1. The van der Waals surface area contributed by atoms with Crippen LogP contribution in [0.5, 0.6) is 0 Å². The summed E-state index contributed by atoms with van der Waals surface area (Å²) in [5.74, 6) is 0.767. The summed E-state index contributed by atoms with van der Waals surface area (Å²) in [7, 11) is 0. The van der Waals surface area contributed by atoms with Crippen LogP contribution < -0.4 is 11.1 Å². The zero-order valence-corrected chi connectivity index (χ0v) is 11.2. The SMILES string of the molecule is CC(C)CC(=O)NC1CCN(CC(N)=NO)CC1. The Hall–Kier alpha value is -1.30. The second-order valence-corrected chi connectivity index (χ2v) is 5.31. The summed E-state index contributed by atoms with van der Waals surface area (Å²) >= 11 is 0. The summed E-state index contributed by atoms with van der Waals surface area (Å²) in [5.41, 5.74) is 5.46. The van der Waals surface area contributed by atoms with Crippen LogP contribution in [0, 0.1) is 5.92 Å². The zero-order chi connectivity index (χ0) is 13.5. The van der Waals surface area contributed by atoms with Crippen LogP contribution in [-0.2, 0) is 4.79 Å². The van der Waals surface area contributed by atoms with Gasteiger partial charge in [-0.25, -0.2) is 0 Å². The van der Waals surface area contributed by atoms with Crippen LogP contribution in [0.25, 0.3) is 0 Å². The van der Waals surface area contributed by atoms with Crippen LogP contribution in [0.2, 0.25) is 0 Å². The number of likely N-dealkylation sites (tertiary alicyclic amines) is 1. The molecule has 1 rings (SSSR count). The number of hydrogen-bond acceptors (Lipinski definition) is 4. The maximum atomic E-state index is 11.6. The van der Waals surface area contributed by atoms with Gasteiger partial charge in [0.1, 0.15) is 0 Å². The Balaban J connectivity index is 2.25. The topological polar surface area (TPSA) is 91.0 Å². The molecule has 0 unspecified atom stereocenters. The molecule has 0 saturated carbocycles. The molecule has 1 aliphatic heterocycles. The Morgan fingerprint density at radius 1 is 1.50 bits per heavy atom. The van der Waals surface area contributed by atoms with Crippen molar-refractivity contribution < 1.29 is 10.0 Å². The van der Waals surface area contributed by atoms with Crippen LogP contribution in [0.15, 0.2) is 5.16 Å². The molecule has 104 valence electrons. The minimum atomic E-state index is 0.139. The Morgan fingerprint density at radius 2 is 2.11 bits per heavy atom. The van der Waals surface area contributed by atoms with Crippen LogP contribution in [0.1, 0.15) is 33.1 Å². The van der Waals surface area contributed by atoms with Crippen molar-refractivity contribution in [2.24, 2.45) is 16.8 Å². The third-order valence-corrected chi connectivity index (χ3v) is 3.06. The summed E-state index contributed by atoms with van der Waals surface area (Å²) in [4.78, 5) is 13.8. The van der Waals surface area contributed by atoms with E-state index in [1.807, 2.05) is 13.8 Å². The van der Waals surface area contributed by atoms with Gasteiger partial charge in [0, 0.05) is 25.6 Å². The molecule has 0 aromatic heterocycles. The molecule has 0 aliphatic carbocycles. The Kier molecular flexibility index (Phi) is 5.91. The molecule has 1 amide bonds. The zero-order valence-electron chi connectivity index (χ0n) is 11.2. The maximum absolute atomic E-state index is 11.6. The molecule has 0 bridgehead atoms. The molecule has 0 spiro atoms. The van der Waals surface area contributed by atoms with Crippen LogP contribution in [0.3, 0.4) is 0 Å². The lowest BCUT2D eigenvalue weighted by Gasteiger charge is -2.32. The van der Waals surface area contributed by atoms with Gasteiger partial charge in [-0.2, -0.15) is 0 Å². The van der Waals surface area contributed by atoms with Gasteiger partial charge in [0.15, 0.2) is 5.84 Å². The molecule has 0 aromatic rings. The van der Waals surface area contributed by atoms with Crippen molar-refractivity contribution >= 4 is 11.7 Å². The Morgan fingerprint density at radius 3 is 2.61 bits per heavy atom. The van der Waals surface area contributed by atoms with Gasteiger partial charge in [0.05, 0.1) is 6.54 Å². The molecule has 0 atom stereocenters. The number of hydrogen-bond donors (Lipinski definition) is 3. The van der Waals surface area contributed by atoms with Crippen molar-refractivity contribution in [3.05, 3.63) is 0 Å². The van der Waals surface area contributed by atoms with E-state index >= 15 is 0 Å². The molecular weight excluding hydrogens is 232 g/mol. The molecule has 6 heteroatoms. The number of nitrogens with zero attached hydrogens (tertiary/aromatic N) is 2. The quantitative estimate of drug-likeness (QED) is 0.287. The number of piperidine rings is 1. The van der Waals surface area contributed by atoms with E-state index < -0.39 is 0 Å². The Bertz CT molecular complexity index is 296. The highest BCUT2D eigenvalue weighted by Crippen LogP contribution is 2.10. The van der Waals surface area contributed by atoms with E-state index in [-0.39, 0.29) is 17.8 Å². The molecule has 0 radical (unpaired) electrons. The third kappa shape index (κ3) is 5.35. The smallest absolute Gasteiger partial charge is 0.220 e. The summed E-state index contributed by atoms with van der Waals surface area (Å²) in [6, 6.07) is 0.264. The standard InChI is InChI=1S/C12H24N4O2/c1-9(2)7-12(17)14-10-3-5-16(6-4-10)8-11(13)15-18/h9-10,18H,3-8H2,1-2H3,(H2,13,15)(H,14,17). The van der Waals surface area contributed by atoms with Gasteiger partial charge in [0.25, 0.3) is 0 Å². The van der Waals surface area contributed by atoms with Gasteiger partial charge in [-0.05, 0) is 18.8 Å². The van der Waals surface area contributed by atoms with E-state index in [1.54, 1.807) is 0 Å². The molecule has 4 N–H and O–H groups in total. The van der Waals surface area contributed by atoms with E-state index in [4.69, 9.17) is 10.9 Å². The highest BCUT2D eigenvalue weighted by atomic mass is 16.4. The minimum Gasteiger partial charge on any atom is -0.409 e. The first-order chi connectivity index (χ1) is 8.51. The average molecular weight is 256 g/mol. The average Bonchev–Trinajstić information content (AvgIpc) is 2.30. The van der Waals surface area contributed by atoms with Crippen molar-refractivity contribution in [2.45, 2.75) is 39.2 Å². The van der Waals surface area contributed by atoms with Crippen LogP contribution >= 0.6 is 0 Å². The molecular formula is C12H24N4O2. The van der Waals surface area contributed by atoms with Gasteiger partial charge < -0.3 is 16.3 Å². The van der Waals surface area contributed by atoms with E-state index in [9.17, 15) is 4.79 Å². The fraction of sp³-hybridized carbons (Fsp3) is 0.833. The fourth-order valence-electron chi connectivity index (χ4n) is 2.15. The highest BCUT2D eigenvalue weighted by Gasteiger charge is 2.21. The van der Waals surface area contributed by atoms with Gasteiger partial charge in [-0.1, -0.05) is 19.0 Å². The number of rotatable bonds is 5. The van der Waals surface area contributed by atoms with E-state index in [0.717, 1.165) is 25.9 Å². The van der Waals surface area contributed by atoms with Gasteiger partial charge >= 0.3 is 0 Å². The molecule has 1 fully saturated rings. The second-order valence-electron chi connectivity index (χ2n) is 5.31. The third-order valence-electron chi connectivity index (χ3n) is 3.06. The summed E-state index contributed by atoms with van der Waals surface area (Å²) in [6.07, 6.45) is 2.43. The Labute approximate surface area is 108 Å². The van der Waals surface area contributed by atoms with Crippen molar-refractivity contribution in [1.29, 1.82) is 0 Å². The first-order valence-corrected chi connectivity index (χ1v) is 6.49. The van der Waals surface area contributed by atoms with Crippen molar-refractivity contribution in [2.75, 3.05) is 19.6 Å².